The number of aromatic nitrogens is 3. The maximum atomic E-state index is 12.6. The van der Waals surface area contributed by atoms with Crippen LogP contribution in [0.25, 0.3) is 22.8 Å². The van der Waals surface area contributed by atoms with Gasteiger partial charge in [-0.1, -0.05) is 29.5 Å². The van der Waals surface area contributed by atoms with E-state index in [1.807, 2.05) is 6.07 Å². The monoisotopic (exact) mass is 314 g/mol. The molecule has 0 fully saturated rings. The number of para-hydroxylation sites is 1. The van der Waals surface area contributed by atoms with E-state index in [-0.39, 0.29) is 5.70 Å². The fourth-order valence-corrected chi connectivity index (χ4v) is 2.11. The normalized spacial score (nSPS) is 12.3. The first-order chi connectivity index (χ1) is 11.0. The fourth-order valence-electron chi connectivity index (χ4n) is 2.11. The van der Waals surface area contributed by atoms with Crippen molar-refractivity contribution in [1.82, 2.24) is 15.0 Å². The van der Waals surface area contributed by atoms with Gasteiger partial charge < -0.3 is 0 Å². The van der Waals surface area contributed by atoms with Crippen molar-refractivity contribution >= 4 is 22.8 Å². The summed E-state index contributed by atoms with van der Waals surface area (Å²) in [6.45, 7) is 0. The summed E-state index contributed by atoms with van der Waals surface area (Å²) in [5.74, 6) is 0. The lowest BCUT2D eigenvalue weighted by atomic mass is 10.1. The van der Waals surface area contributed by atoms with Crippen LogP contribution in [0.2, 0.25) is 0 Å². The smallest absolute Gasteiger partial charge is 0.202 e. The Morgan fingerprint density at radius 2 is 1.78 bits per heavy atom. The Hall–Kier alpha value is -3.14. The van der Waals surface area contributed by atoms with E-state index in [4.69, 9.17) is 0 Å². The van der Waals surface area contributed by atoms with Gasteiger partial charge in [0.1, 0.15) is 17.3 Å². The van der Waals surface area contributed by atoms with Gasteiger partial charge in [0.05, 0.1) is 11.1 Å². The molecular formula is C16H9F3N4. The first kappa shape index (κ1) is 14.8. The molecule has 2 aromatic carbocycles. The Bertz CT molecular complexity index is 915. The van der Waals surface area contributed by atoms with Gasteiger partial charge in [0.2, 0.25) is 0 Å². The van der Waals surface area contributed by atoms with Gasteiger partial charge >= 0.3 is 6.18 Å². The van der Waals surface area contributed by atoms with Crippen molar-refractivity contribution in [1.29, 1.82) is 5.26 Å². The van der Waals surface area contributed by atoms with Gasteiger partial charge in [0.15, 0.2) is 0 Å². The van der Waals surface area contributed by atoms with Crippen LogP contribution in [0.15, 0.2) is 48.5 Å². The number of alkyl halides is 3. The van der Waals surface area contributed by atoms with Crippen LogP contribution in [0.4, 0.5) is 13.2 Å². The molecule has 7 heteroatoms. The molecule has 0 bridgehead atoms. The molecular weight excluding hydrogens is 305 g/mol. The summed E-state index contributed by atoms with van der Waals surface area (Å²) >= 11 is 0. The van der Waals surface area contributed by atoms with E-state index in [1.165, 1.54) is 22.9 Å². The molecule has 0 radical (unpaired) electrons. The average Bonchev–Trinajstić information content (AvgIpc) is 2.96. The van der Waals surface area contributed by atoms with Gasteiger partial charge in [-0.15, -0.1) is 5.10 Å². The van der Waals surface area contributed by atoms with Gasteiger partial charge in [-0.25, -0.2) is 4.68 Å². The van der Waals surface area contributed by atoms with Gasteiger partial charge in [-0.2, -0.15) is 18.4 Å². The first-order valence-corrected chi connectivity index (χ1v) is 6.59. The highest BCUT2D eigenvalue weighted by Gasteiger charge is 2.29. The van der Waals surface area contributed by atoms with Gasteiger partial charge in [-0.3, -0.25) is 0 Å². The number of hydrogen-bond acceptors (Lipinski definition) is 3. The molecule has 4 nitrogen and oxygen atoms in total. The number of allylic oxidation sites excluding steroid dienone is 1. The minimum absolute atomic E-state index is 0.165. The third-order valence-corrected chi connectivity index (χ3v) is 3.24. The zero-order chi connectivity index (χ0) is 16.4. The van der Waals surface area contributed by atoms with E-state index in [2.05, 4.69) is 10.3 Å². The predicted molar refractivity (Wildman–Crippen MR) is 78.8 cm³/mol. The first-order valence-electron chi connectivity index (χ1n) is 6.59. The molecule has 3 rings (SSSR count). The number of nitriles is 1. The highest BCUT2D eigenvalue weighted by molar-refractivity contribution is 5.86. The number of halogens is 3. The minimum atomic E-state index is -4.39. The highest BCUT2D eigenvalue weighted by atomic mass is 19.4. The van der Waals surface area contributed by atoms with Crippen LogP contribution in [0.1, 0.15) is 11.1 Å². The van der Waals surface area contributed by atoms with Crippen LogP contribution >= 0.6 is 0 Å². The van der Waals surface area contributed by atoms with Crippen LogP contribution < -0.4 is 0 Å². The highest BCUT2D eigenvalue weighted by Crippen LogP contribution is 2.29. The van der Waals surface area contributed by atoms with Crippen LogP contribution in [-0.2, 0) is 6.18 Å². The molecule has 0 spiro atoms. The van der Waals surface area contributed by atoms with E-state index in [0.717, 1.165) is 12.1 Å². The van der Waals surface area contributed by atoms with Crippen LogP contribution in [-0.4, -0.2) is 15.0 Å². The third-order valence-electron chi connectivity index (χ3n) is 3.24. The number of fused-ring (bicyclic) bond motifs is 1. The largest absolute Gasteiger partial charge is 0.416 e. The van der Waals surface area contributed by atoms with Crippen molar-refractivity contribution in [3.63, 3.8) is 0 Å². The van der Waals surface area contributed by atoms with Crippen molar-refractivity contribution in [2.75, 3.05) is 0 Å². The van der Waals surface area contributed by atoms with Crippen molar-refractivity contribution in [3.05, 3.63) is 59.7 Å². The third kappa shape index (κ3) is 2.92. The summed E-state index contributed by atoms with van der Waals surface area (Å²) in [4.78, 5) is 0. The minimum Gasteiger partial charge on any atom is -0.202 e. The zero-order valence-electron chi connectivity index (χ0n) is 11.6. The van der Waals surface area contributed by atoms with E-state index in [9.17, 15) is 18.4 Å². The van der Waals surface area contributed by atoms with Gasteiger partial charge in [0, 0.05) is 0 Å². The molecule has 0 unspecified atom stereocenters. The molecule has 0 N–H and O–H groups in total. The maximum absolute atomic E-state index is 12.6. The summed E-state index contributed by atoms with van der Waals surface area (Å²) in [5.41, 5.74) is 1.17. The average molecular weight is 314 g/mol. The summed E-state index contributed by atoms with van der Waals surface area (Å²) in [5, 5.41) is 17.2. The molecule has 1 aromatic heterocycles. The Kier molecular flexibility index (Phi) is 3.58. The standard InChI is InChI=1S/C16H9F3N4/c17-16(18,19)12-7-5-11(6-8-12)9-13(10-20)23-15-4-2-1-3-14(15)21-22-23/h1-9H/b13-9+. The molecule has 0 aliphatic rings. The lowest BCUT2D eigenvalue weighted by Gasteiger charge is -2.06. The molecule has 23 heavy (non-hydrogen) atoms. The van der Waals surface area contributed by atoms with Gasteiger partial charge in [-0.05, 0) is 35.9 Å². The molecule has 0 amide bonds. The van der Waals surface area contributed by atoms with E-state index in [0.29, 0.717) is 16.6 Å². The molecule has 0 aliphatic heterocycles. The second-order valence-corrected chi connectivity index (χ2v) is 4.75. The lowest BCUT2D eigenvalue weighted by Crippen LogP contribution is -2.04. The number of nitrogens with zero attached hydrogens (tertiary/aromatic N) is 4. The van der Waals surface area contributed by atoms with Crippen molar-refractivity contribution in [2.24, 2.45) is 0 Å². The summed E-state index contributed by atoms with van der Waals surface area (Å²) in [7, 11) is 0. The predicted octanol–water partition coefficient (Wildman–Crippen LogP) is 3.97. The van der Waals surface area contributed by atoms with Crippen LogP contribution in [0.5, 0.6) is 0 Å². The topological polar surface area (TPSA) is 54.5 Å². The quantitative estimate of drug-likeness (QED) is 0.672. The number of hydrogen-bond donors (Lipinski definition) is 0. The summed E-state index contributed by atoms with van der Waals surface area (Å²) in [6.07, 6.45) is -2.93. The molecule has 0 saturated heterocycles. The van der Waals surface area contributed by atoms with Crippen LogP contribution in [0, 0.1) is 11.3 Å². The summed E-state index contributed by atoms with van der Waals surface area (Å²) in [6, 6.07) is 13.6. The zero-order valence-corrected chi connectivity index (χ0v) is 11.6. The Balaban J connectivity index is 2.01. The lowest BCUT2D eigenvalue weighted by molar-refractivity contribution is -0.137. The Morgan fingerprint density at radius 1 is 1.09 bits per heavy atom. The molecule has 114 valence electrons. The second kappa shape index (κ2) is 5.57. The molecule has 1 heterocycles. The molecule has 3 aromatic rings. The Labute approximate surface area is 129 Å². The van der Waals surface area contributed by atoms with E-state index < -0.39 is 11.7 Å². The van der Waals surface area contributed by atoms with E-state index >= 15 is 0 Å². The maximum Gasteiger partial charge on any atom is 0.416 e. The number of benzene rings is 2. The molecule has 0 aliphatic carbocycles. The SMILES string of the molecule is N#C/C(=C\c1ccc(C(F)(F)F)cc1)n1nnc2ccccc21. The number of rotatable bonds is 2. The van der Waals surface area contributed by atoms with E-state index in [1.54, 1.807) is 24.3 Å². The fraction of sp³-hybridized carbons (Fsp3) is 0.0625. The van der Waals surface area contributed by atoms with Crippen molar-refractivity contribution in [2.45, 2.75) is 6.18 Å². The van der Waals surface area contributed by atoms with Crippen molar-refractivity contribution < 1.29 is 13.2 Å². The van der Waals surface area contributed by atoms with Gasteiger partial charge in [0.25, 0.3) is 0 Å². The molecule has 0 atom stereocenters. The molecule has 0 saturated carbocycles. The van der Waals surface area contributed by atoms with Crippen molar-refractivity contribution in [3.8, 4) is 6.07 Å². The van der Waals surface area contributed by atoms with Crippen LogP contribution in [0.3, 0.4) is 0 Å². The Morgan fingerprint density at radius 3 is 2.43 bits per heavy atom. The second-order valence-electron chi connectivity index (χ2n) is 4.75. The summed E-state index contributed by atoms with van der Waals surface area (Å²) < 4.78 is 39.0.